The molecule has 1 atom stereocenters. The zero-order valence-electron chi connectivity index (χ0n) is 15.6. The summed E-state index contributed by atoms with van der Waals surface area (Å²) in [6.45, 7) is 3.17. The number of nitrogens with one attached hydrogen (secondary N) is 1. The standard InChI is InChI=1S/C22H21F2N3O/c1-14-4-7-21-18(11-14)17(8-9-25-21)22(28)27-10-2-3-16(13-27)26-15-5-6-19(23)20(24)12-15/h4-9,11-12,16,26H,2-3,10,13H2,1H3/t16-/m0/s1. The molecule has 4 nitrogen and oxygen atoms in total. The van der Waals surface area contributed by atoms with Crippen LogP contribution in [0, 0.1) is 18.6 Å². The highest BCUT2D eigenvalue weighted by Crippen LogP contribution is 2.23. The van der Waals surface area contributed by atoms with Gasteiger partial charge in [0.25, 0.3) is 5.91 Å². The lowest BCUT2D eigenvalue weighted by Gasteiger charge is -2.34. The van der Waals surface area contributed by atoms with Gasteiger partial charge in [-0.25, -0.2) is 8.78 Å². The maximum atomic E-state index is 13.5. The average Bonchev–Trinajstić information content (AvgIpc) is 2.70. The fourth-order valence-corrected chi connectivity index (χ4v) is 3.72. The molecule has 0 saturated carbocycles. The number of amides is 1. The molecule has 144 valence electrons. The number of hydrogen-bond donors (Lipinski definition) is 1. The lowest BCUT2D eigenvalue weighted by Crippen LogP contribution is -2.45. The van der Waals surface area contributed by atoms with Crippen molar-refractivity contribution in [3.05, 3.63) is 71.4 Å². The number of benzene rings is 2. The second-order valence-corrected chi connectivity index (χ2v) is 7.24. The van der Waals surface area contributed by atoms with Gasteiger partial charge in [-0.3, -0.25) is 9.78 Å². The first-order chi connectivity index (χ1) is 13.5. The third-order valence-corrected chi connectivity index (χ3v) is 5.13. The van der Waals surface area contributed by atoms with Gasteiger partial charge in [0.1, 0.15) is 0 Å². The molecule has 0 aliphatic carbocycles. The van der Waals surface area contributed by atoms with Crippen molar-refractivity contribution < 1.29 is 13.6 Å². The van der Waals surface area contributed by atoms with Gasteiger partial charge in [-0.15, -0.1) is 0 Å². The number of rotatable bonds is 3. The van der Waals surface area contributed by atoms with E-state index in [0.717, 1.165) is 41.4 Å². The summed E-state index contributed by atoms with van der Waals surface area (Å²) in [6, 6.07) is 11.4. The summed E-state index contributed by atoms with van der Waals surface area (Å²) in [5.74, 6) is -1.78. The molecule has 1 aromatic heterocycles. The van der Waals surface area contributed by atoms with E-state index in [2.05, 4.69) is 10.3 Å². The summed E-state index contributed by atoms with van der Waals surface area (Å²) in [7, 11) is 0. The zero-order chi connectivity index (χ0) is 19.7. The topological polar surface area (TPSA) is 45.2 Å². The summed E-state index contributed by atoms with van der Waals surface area (Å²) in [4.78, 5) is 19.3. The summed E-state index contributed by atoms with van der Waals surface area (Å²) < 4.78 is 26.6. The Morgan fingerprint density at radius 3 is 2.82 bits per heavy atom. The second kappa shape index (κ2) is 7.54. The Morgan fingerprint density at radius 2 is 2.00 bits per heavy atom. The van der Waals surface area contributed by atoms with E-state index in [0.29, 0.717) is 24.3 Å². The van der Waals surface area contributed by atoms with Crippen molar-refractivity contribution in [1.82, 2.24) is 9.88 Å². The van der Waals surface area contributed by atoms with Gasteiger partial charge in [-0.1, -0.05) is 11.6 Å². The first-order valence-corrected chi connectivity index (χ1v) is 9.37. The number of aryl methyl sites for hydroxylation is 1. The van der Waals surface area contributed by atoms with E-state index in [1.807, 2.05) is 30.0 Å². The summed E-state index contributed by atoms with van der Waals surface area (Å²) >= 11 is 0. The minimum absolute atomic E-state index is 0.0163. The first kappa shape index (κ1) is 18.3. The van der Waals surface area contributed by atoms with Crippen molar-refractivity contribution in [3.63, 3.8) is 0 Å². The Balaban J connectivity index is 1.54. The number of aromatic nitrogens is 1. The number of pyridine rings is 1. The number of piperidine rings is 1. The van der Waals surface area contributed by atoms with E-state index in [-0.39, 0.29) is 11.9 Å². The lowest BCUT2D eigenvalue weighted by atomic mass is 10.0. The van der Waals surface area contributed by atoms with E-state index in [9.17, 15) is 13.6 Å². The molecule has 6 heteroatoms. The number of likely N-dealkylation sites (tertiary alicyclic amines) is 1. The fraction of sp³-hybridized carbons (Fsp3) is 0.273. The Hall–Kier alpha value is -3.02. The predicted molar refractivity (Wildman–Crippen MR) is 105 cm³/mol. The summed E-state index contributed by atoms with van der Waals surface area (Å²) in [5, 5.41) is 4.07. The highest BCUT2D eigenvalue weighted by molar-refractivity contribution is 6.06. The van der Waals surface area contributed by atoms with Gasteiger partial charge in [-0.05, 0) is 50.1 Å². The number of carbonyl (C=O) groups is 1. The van der Waals surface area contributed by atoms with Crippen LogP contribution in [0.15, 0.2) is 48.7 Å². The minimum Gasteiger partial charge on any atom is -0.380 e. The molecule has 2 heterocycles. The van der Waals surface area contributed by atoms with Gasteiger partial charge in [-0.2, -0.15) is 0 Å². The lowest BCUT2D eigenvalue weighted by molar-refractivity contribution is 0.0716. The van der Waals surface area contributed by atoms with Gasteiger partial charge in [0.15, 0.2) is 11.6 Å². The van der Waals surface area contributed by atoms with Crippen LogP contribution in [0.3, 0.4) is 0 Å². The summed E-state index contributed by atoms with van der Waals surface area (Å²) in [5.41, 5.74) is 3.03. The maximum Gasteiger partial charge on any atom is 0.254 e. The predicted octanol–water partition coefficient (Wildman–Crippen LogP) is 4.54. The number of nitrogens with zero attached hydrogens (tertiary/aromatic N) is 2. The quantitative estimate of drug-likeness (QED) is 0.725. The summed E-state index contributed by atoms with van der Waals surface area (Å²) in [6.07, 6.45) is 3.36. The highest BCUT2D eigenvalue weighted by atomic mass is 19.2. The van der Waals surface area contributed by atoms with E-state index in [1.54, 1.807) is 12.3 Å². The number of carbonyl (C=O) groups excluding carboxylic acids is 1. The molecule has 1 aliphatic rings. The molecule has 0 spiro atoms. The van der Waals surface area contributed by atoms with Crippen LogP contribution in [0.5, 0.6) is 0 Å². The van der Waals surface area contributed by atoms with Crippen molar-refractivity contribution >= 4 is 22.5 Å². The highest BCUT2D eigenvalue weighted by Gasteiger charge is 2.25. The molecule has 1 N–H and O–H groups in total. The van der Waals surface area contributed by atoms with Crippen LogP contribution in [0.4, 0.5) is 14.5 Å². The molecule has 3 aromatic rings. The molecule has 0 bridgehead atoms. The zero-order valence-corrected chi connectivity index (χ0v) is 15.6. The molecule has 2 aromatic carbocycles. The maximum absolute atomic E-state index is 13.5. The Bertz CT molecular complexity index is 1040. The van der Waals surface area contributed by atoms with E-state index < -0.39 is 11.6 Å². The molecule has 1 saturated heterocycles. The Kier molecular flexibility index (Phi) is 4.94. The first-order valence-electron chi connectivity index (χ1n) is 9.37. The van der Waals surface area contributed by atoms with Crippen LogP contribution in [-0.2, 0) is 0 Å². The normalized spacial score (nSPS) is 17.0. The number of halogens is 2. The van der Waals surface area contributed by atoms with Crippen molar-refractivity contribution in [2.45, 2.75) is 25.8 Å². The van der Waals surface area contributed by atoms with Gasteiger partial charge in [0.05, 0.1) is 11.1 Å². The van der Waals surface area contributed by atoms with Crippen molar-refractivity contribution in [2.24, 2.45) is 0 Å². The monoisotopic (exact) mass is 381 g/mol. The fourth-order valence-electron chi connectivity index (χ4n) is 3.72. The van der Waals surface area contributed by atoms with Gasteiger partial charge >= 0.3 is 0 Å². The molecule has 28 heavy (non-hydrogen) atoms. The van der Waals surface area contributed by atoms with Crippen LogP contribution in [0.2, 0.25) is 0 Å². The minimum atomic E-state index is -0.882. The molecule has 0 radical (unpaired) electrons. The van der Waals surface area contributed by atoms with Crippen molar-refractivity contribution in [2.75, 3.05) is 18.4 Å². The van der Waals surface area contributed by atoms with Gasteiger partial charge in [0.2, 0.25) is 0 Å². The third kappa shape index (κ3) is 3.67. The van der Waals surface area contributed by atoms with Crippen LogP contribution >= 0.6 is 0 Å². The van der Waals surface area contributed by atoms with Crippen molar-refractivity contribution in [1.29, 1.82) is 0 Å². The molecule has 1 fully saturated rings. The van der Waals surface area contributed by atoms with Crippen LogP contribution in [-0.4, -0.2) is 34.9 Å². The van der Waals surface area contributed by atoms with Crippen LogP contribution in [0.1, 0.15) is 28.8 Å². The number of anilines is 1. The smallest absolute Gasteiger partial charge is 0.254 e. The van der Waals surface area contributed by atoms with Crippen LogP contribution in [0.25, 0.3) is 10.9 Å². The second-order valence-electron chi connectivity index (χ2n) is 7.24. The van der Waals surface area contributed by atoms with Gasteiger partial charge < -0.3 is 10.2 Å². The molecule has 0 unspecified atom stereocenters. The number of fused-ring (bicyclic) bond motifs is 1. The molecular weight excluding hydrogens is 360 g/mol. The molecular formula is C22H21F2N3O. The number of hydrogen-bond acceptors (Lipinski definition) is 3. The molecule has 1 amide bonds. The van der Waals surface area contributed by atoms with Crippen LogP contribution < -0.4 is 5.32 Å². The molecule has 4 rings (SSSR count). The average molecular weight is 381 g/mol. The Morgan fingerprint density at radius 1 is 1.14 bits per heavy atom. The third-order valence-electron chi connectivity index (χ3n) is 5.13. The van der Waals surface area contributed by atoms with Crippen molar-refractivity contribution in [3.8, 4) is 0 Å². The van der Waals surface area contributed by atoms with E-state index >= 15 is 0 Å². The Labute approximate surface area is 162 Å². The largest absolute Gasteiger partial charge is 0.380 e. The van der Waals surface area contributed by atoms with Gasteiger partial charge in [0, 0.05) is 42.5 Å². The van der Waals surface area contributed by atoms with E-state index in [1.165, 1.54) is 6.07 Å². The molecule has 1 aliphatic heterocycles. The SMILES string of the molecule is Cc1ccc2nccc(C(=O)N3CCC[C@H](Nc4ccc(F)c(F)c4)C3)c2c1. The van der Waals surface area contributed by atoms with E-state index in [4.69, 9.17) is 0 Å².